The monoisotopic (exact) mass is 456 g/mol. The van der Waals surface area contributed by atoms with Crippen LogP contribution < -0.4 is 10.6 Å². The topological polar surface area (TPSA) is 130 Å². The number of para-hydroxylation sites is 1. The Balaban J connectivity index is 1.91. The Kier molecular flexibility index (Phi) is 7.01. The highest BCUT2D eigenvalue weighted by atomic mass is 32.2. The fourth-order valence-electron chi connectivity index (χ4n) is 3.13. The molecule has 10 nitrogen and oxygen atoms in total. The average molecular weight is 457 g/mol. The van der Waals surface area contributed by atoms with Crippen molar-refractivity contribution < 1.29 is 13.3 Å². The summed E-state index contributed by atoms with van der Waals surface area (Å²) in [5.41, 5.74) is 1.72. The molecule has 0 amide bonds. The highest BCUT2D eigenvalue weighted by Gasteiger charge is 2.24. The molecule has 0 bridgehead atoms. The molecule has 11 heteroatoms. The minimum absolute atomic E-state index is 0.0135. The van der Waals surface area contributed by atoms with E-state index in [1.807, 2.05) is 25.1 Å². The van der Waals surface area contributed by atoms with Crippen LogP contribution >= 0.6 is 0 Å². The first-order valence-electron chi connectivity index (χ1n) is 9.97. The van der Waals surface area contributed by atoms with Gasteiger partial charge in [0.05, 0.1) is 9.82 Å². The zero-order valence-electron chi connectivity index (χ0n) is 17.9. The van der Waals surface area contributed by atoms with Gasteiger partial charge in [-0.05, 0) is 42.8 Å². The van der Waals surface area contributed by atoms with Gasteiger partial charge in [-0.3, -0.25) is 10.1 Å². The van der Waals surface area contributed by atoms with Crippen LogP contribution in [-0.2, 0) is 10.0 Å². The molecule has 0 aliphatic rings. The van der Waals surface area contributed by atoms with Gasteiger partial charge in [0.25, 0.3) is 0 Å². The van der Waals surface area contributed by atoms with Crippen LogP contribution in [0.3, 0.4) is 0 Å². The maximum atomic E-state index is 12.6. The third kappa shape index (κ3) is 4.84. The zero-order chi connectivity index (χ0) is 23.3. The van der Waals surface area contributed by atoms with E-state index in [9.17, 15) is 18.5 Å². The van der Waals surface area contributed by atoms with E-state index in [0.717, 1.165) is 5.56 Å². The number of nitro groups is 1. The lowest BCUT2D eigenvalue weighted by atomic mass is 10.2. The normalized spacial score (nSPS) is 11.4. The van der Waals surface area contributed by atoms with Crippen molar-refractivity contribution in [3.8, 4) is 0 Å². The van der Waals surface area contributed by atoms with E-state index in [-0.39, 0.29) is 22.2 Å². The lowest BCUT2D eigenvalue weighted by Gasteiger charge is -2.18. The van der Waals surface area contributed by atoms with Crippen molar-refractivity contribution in [3.05, 3.63) is 70.5 Å². The molecule has 0 saturated carbocycles. The SMILES string of the molecule is CCN(CC)S(=O)(=O)c1ccc(Nc2ncnc(Nc3ccccc3C)c2[N+](=O)[O-])cc1. The highest BCUT2D eigenvalue weighted by molar-refractivity contribution is 7.89. The van der Waals surface area contributed by atoms with E-state index in [0.29, 0.717) is 24.5 Å². The van der Waals surface area contributed by atoms with E-state index in [4.69, 9.17) is 0 Å². The number of hydrogen-bond acceptors (Lipinski definition) is 8. The molecule has 168 valence electrons. The summed E-state index contributed by atoms with van der Waals surface area (Å²) in [6.07, 6.45) is 1.22. The van der Waals surface area contributed by atoms with E-state index in [1.54, 1.807) is 19.9 Å². The Labute approximate surface area is 186 Å². The van der Waals surface area contributed by atoms with Gasteiger partial charge >= 0.3 is 5.69 Å². The van der Waals surface area contributed by atoms with Crippen molar-refractivity contribution >= 4 is 38.7 Å². The largest absolute Gasteiger partial charge is 0.353 e. The molecule has 0 saturated heterocycles. The van der Waals surface area contributed by atoms with Crippen molar-refractivity contribution in [2.24, 2.45) is 0 Å². The third-order valence-corrected chi connectivity index (χ3v) is 6.93. The molecular formula is C21H24N6O4S. The number of aryl methyl sites for hydroxylation is 1. The van der Waals surface area contributed by atoms with E-state index in [2.05, 4.69) is 20.6 Å². The molecule has 0 radical (unpaired) electrons. The third-order valence-electron chi connectivity index (χ3n) is 4.86. The summed E-state index contributed by atoms with van der Waals surface area (Å²) in [6.45, 7) is 6.15. The van der Waals surface area contributed by atoms with Gasteiger partial charge in [-0.2, -0.15) is 4.31 Å². The summed E-state index contributed by atoms with van der Waals surface area (Å²) in [5, 5.41) is 17.7. The van der Waals surface area contributed by atoms with Crippen LogP contribution in [0.1, 0.15) is 19.4 Å². The minimum atomic E-state index is -3.60. The molecule has 0 unspecified atom stereocenters. The van der Waals surface area contributed by atoms with Crippen molar-refractivity contribution in [3.63, 3.8) is 0 Å². The number of nitrogens with one attached hydrogen (secondary N) is 2. The predicted molar refractivity (Wildman–Crippen MR) is 123 cm³/mol. The lowest BCUT2D eigenvalue weighted by Crippen LogP contribution is -2.30. The van der Waals surface area contributed by atoms with Crippen LogP contribution in [-0.4, -0.2) is 40.7 Å². The number of benzene rings is 2. The van der Waals surface area contributed by atoms with Gasteiger partial charge in [0.2, 0.25) is 21.7 Å². The predicted octanol–water partition coefficient (Wildman–Crippen LogP) is 4.21. The molecule has 1 aromatic heterocycles. The maximum absolute atomic E-state index is 12.6. The van der Waals surface area contributed by atoms with Crippen LogP contribution in [0.4, 0.5) is 28.7 Å². The number of rotatable bonds is 9. The standard InChI is InChI=1S/C21H24N6O4S/c1-4-26(5-2)32(30,31)17-12-10-16(11-13-17)24-20-19(27(28)29)21(23-14-22-20)25-18-9-7-6-8-15(18)3/h6-14H,4-5H2,1-3H3,(H2,22,23,24,25). The second-order valence-electron chi connectivity index (χ2n) is 6.86. The van der Waals surface area contributed by atoms with Crippen molar-refractivity contribution in [1.29, 1.82) is 0 Å². The number of anilines is 4. The smallest absolute Gasteiger partial charge is 0.334 e. The van der Waals surface area contributed by atoms with Crippen LogP contribution in [0, 0.1) is 17.0 Å². The van der Waals surface area contributed by atoms with Gasteiger partial charge in [-0.25, -0.2) is 18.4 Å². The van der Waals surface area contributed by atoms with Gasteiger partial charge < -0.3 is 10.6 Å². The van der Waals surface area contributed by atoms with Gasteiger partial charge in [0.1, 0.15) is 6.33 Å². The summed E-state index contributed by atoms with van der Waals surface area (Å²) in [5.74, 6) is 0.0305. The van der Waals surface area contributed by atoms with Gasteiger partial charge in [0, 0.05) is 24.5 Å². The Morgan fingerprint density at radius 2 is 1.56 bits per heavy atom. The number of nitrogens with zero attached hydrogens (tertiary/aromatic N) is 4. The molecule has 0 aliphatic carbocycles. The Hall–Kier alpha value is -3.57. The summed E-state index contributed by atoms with van der Waals surface area (Å²) in [7, 11) is -3.60. The molecule has 3 rings (SSSR count). The van der Waals surface area contributed by atoms with Crippen LogP contribution in [0.15, 0.2) is 59.8 Å². The Morgan fingerprint density at radius 3 is 2.12 bits per heavy atom. The van der Waals surface area contributed by atoms with Gasteiger partial charge in [-0.1, -0.05) is 32.0 Å². The summed E-state index contributed by atoms with van der Waals surface area (Å²) in [4.78, 5) is 19.4. The average Bonchev–Trinajstić information content (AvgIpc) is 2.76. The number of sulfonamides is 1. The molecule has 1 heterocycles. The fourth-order valence-corrected chi connectivity index (χ4v) is 4.59. The van der Waals surface area contributed by atoms with Crippen LogP contribution in [0.5, 0.6) is 0 Å². The van der Waals surface area contributed by atoms with Gasteiger partial charge in [0.15, 0.2) is 0 Å². The molecule has 2 N–H and O–H groups in total. The first-order chi connectivity index (χ1) is 15.3. The second kappa shape index (κ2) is 9.71. The van der Waals surface area contributed by atoms with Crippen molar-refractivity contribution in [1.82, 2.24) is 14.3 Å². The second-order valence-corrected chi connectivity index (χ2v) is 8.79. The molecule has 2 aromatic carbocycles. The molecular weight excluding hydrogens is 432 g/mol. The van der Waals surface area contributed by atoms with Gasteiger partial charge in [-0.15, -0.1) is 0 Å². The number of aromatic nitrogens is 2. The Bertz CT molecular complexity index is 1210. The van der Waals surface area contributed by atoms with E-state index in [1.165, 1.54) is 34.9 Å². The van der Waals surface area contributed by atoms with E-state index >= 15 is 0 Å². The summed E-state index contributed by atoms with van der Waals surface area (Å²) >= 11 is 0. The molecule has 32 heavy (non-hydrogen) atoms. The molecule has 0 aliphatic heterocycles. The quantitative estimate of drug-likeness (QED) is 0.362. The molecule has 0 fully saturated rings. The molecule has 0 spiro atoms. The minimum Gasteiger partial charge on any atom is -0.334 e. The van der Waals surface area contributed by atoms with E-state index < -0.39 is 14.9 Å². The first-order valence-corrected chi connectivity index (χ1v) is 11.4. The summed E-state index contributed by atoms with van der Waals surface area (Å²) in [6, 6.07) is 13.3. The van der Waals surface area contributed by atoms with Crippen molar-refractivity contribution in [2.45, 2.75) is 25.7 Å². The lowest BCUT2D eigenvalue weighted by molar-refractivity contribution is -0.383. The zero-order valence-corrected chi connectivity index (χ0v) is 18.8. The molecule has 3 aromatic rings. The van der Waals surface area contributed by atoms with Crippen molar-refractivity contribution in [2.75, 3.05) is 23.7 Å². The van der Waals surface area contributed by atoms with Crippen LogP contribution in [0.25, 0.3) is 0 Å². The summed E-state index contributed by atoms with van der Waals surface area (Å²) < 4.78 is 26.6. The fraction of sp³-hybridized carbons (Fsp3) is 0.238. The number of hydrogen-bond donors (Lipinski definition) is 2. The van der Waals surface area contributed by atoms with Crippen LogP contribution in [0.2, 0.25) is 0 Å². The maximum Gasteiger partial charge on any atom is 0.353 e. The molecule has 0 atom stereocenters. The Morgan fingerprint density at radius 1 is 0.969 bits per heavy atom. The first kappa shape index (κ1) is 23.1. The highest BCUT2D eigenvalue weighted by Crippen LogP contribution is 2.33.